The number of morpholine rings is 1. The Balaban J connectivity index is 1.35. The molecule has 3 fully saturated rings. The SMILES string of the molecule is c1ccc(CN2CCOC[C@@]3(CC[C@H](CN4CCOCC4)O3)C2)nc1. The van der Waals surface area contributed by atoms with E-state index >= 15 is 0 Å². The van der Waals surface area contributed by atoms with Crippen LogP contribution in [0, 0.1) is 0 Å². The van der Waals surface area contributed by atoms with Crippen molar-refractivity contribution in [1.29, 1.82) is 0 Å². The summed E-state index contributed by atoms with van der Waals surface area (Å²) in [6.07, 6.45) is 4.39. The highest BCUT2D eigenvalue weighted by Gasteiger charge is 2.43. The predicted octanol–water partition coefficient (Wildman–Crippen LogP) is 1.16. The Morgan fingerprint density at radius 2 is 1.92 bits per heavy atom. The smallest absolute Gasteiger partial charge is 0.105 e. The molecule has 0 bridgehead atoms. The van der Waals surface area contributed by atoms with E-state index in [9.17, 15) is 0 Å². The highest BCUT2D eigenvalue weighted by atomic mass is 16.6. The van der Waals surface area contributed by atoms with E-state index in [1.807, 2.05) is 12.3 Å². The molecule has 0 aliphatic carbocycles. The van der Waals surface area contributed by atoms with Gasteiger partial charge in [0, 0.05) is 45.5 Å². The van der Waals surface area contributed by atoms with Crippen molar-refractivity contribution < 1.29 is 14.2 Å². The highest BCUT2D eigenvalue weighted by Crippen LogP contribution is 2.33. The van der Waals surface area contributed by atoms with Gasteiger partial charge in [-0.3, -0.25) is 14.8 Å². The summed E-state index contributed by atoms with van der Waals surface area (Å²) in [5, 5.41) is 0. The van der Waals surface area contributed by atoms with Gasteiger partial charge in [-0.25, -0.2) is 0 Å². The molecule has 0 saturated carbocycles. The van der Waals surface area contributed by atoms with Gasteiger partial charge in [0.1, 0.15) is 5.60 Å². The Morgan fingerprint density at radius 1 is 1.08 bits per heavy atom. The fourth-order valence-electron chi connectivity index (χ4n) is 4.16. The van der Waals surface area contributed by atoms with Crippen LogP contribution in [0.5, 0.6) is 0 Å². The molecule has 138 valence electrons. The zero-order valence-electron chi connectivity index (χ0n) is 14.9. The standard InChI is InChI=1S/C19H29N3O3/c1-2-6-20-17(3-1)13-22-9-12-24-16-19(15-22)5-4-18(25-19)14-21-7-10-23-11-8-21/h1-3,6,18H,4-5,7-16H2/t18-,19-/m1/s1. The topological polar surface area (TPSA) is 47.1 Å². The van der Waals surface area contributed by atoms with Gasteiger partial charge in [0.2, 0.25) is 0 Å². The largest absolute Gasteiger partial charge is 0.379 e. The number of hydrogen-bond acceptors (Lipinski definition) is 6. The third-order valence-electron chi connectivity index (χ3n) is 5.44. The second-order valence-corrected chi connectivity index (χ2v) is 7.46. The monoisotopic (exact) mass is 347 g/mol. The second-order valence-electron chi connectivity index (χ2n) is 7.46. The van der Waals surface area contributed by atoms with Crippen LogP contribution < -0.4 is 0 Å². The maximum absolute atomic E-state index is 6.57. The lowest BCUT2D eigenvalue weighted by Crippen LogP contribution is -2.46. The summed E-state index contributed by atoms with van der Waals surface area (Å²) in [7, 11) is 0. The summed E-state index contributed by atoms with van der Waals surface area (Å²) in [4.78, 5) is 9.37. The predicted molar refractivity (Wildman–Crippen MR) is 94.4 cm³/mol. The van der Waals surface area contributed by atoms with Gasteiger partial charge in [-0.2, -0.15) is 0 Å². The third kappa shape index (κ3) is 4.57. The van der Waals surface area contributed by atoms with Gasteiger partial charge in [-0.05, 0) is 25.0 Å². The van der Waals surface area contributed by atoms with Crippen LogP contribution in [0.3, 0.4) is 0 Å². The van der Waals surface area contributed by atoms with E-state index in [0.717, 1.165) is 77.6 Å². The van der Waals surface area contributed by atoms with Crippen LogP contribution in [0.4, 0.5) is 0 Å². The molecule has 3 aliphatic rings. The molecule has 1 spiro atoms. The first-order valence-corrected chi connectivity index (χ1v) is 9.49. The van der Waals surface area contributed by atoms with Gasteiger partial charge in [0.15, 0.2) is 0 Å². The van der Waals surface area contributed by atoms with E-state index in [-0.39, 0.29) is 5.60 Å². The zero-order valence-corrected chi connectivity index (χ0v) is 14.9. The van der Waals surface area contributed by atoms with E-state index in [1.165, 1.54) is 0 Å². The third-order valence-corrected chi connectivity index (χ3v) is 5.44. The number of rotatable bonds is 4. The Bertz CT molecular complexity index is 538. The van der Waals surface area contributed by atoms with Gasteiger partial charge in [0.25, 0.3) is 0 Å². The minimum absolute atomic E-state index is 0.151. The normalized spacial score (nSPS) is 32.1. The summed E-state index contributed by atoms with van der Waals surface area (Å²) in [5.41, 5.74) is 0.963. The first-order chi connectivity index (χ1) is 12.3. The lowest BCUT2D eigenvalue weighted by molar-refractivity contribution is -0.0967. The molecule has 25 heavy (non-hydrogen) atoms. The van der Waals surface area contributed by atoms with Crippen molar-refractivity contribution >= 4 is 0 Å². The van der Waals surface area contributed by atoms with Crippen LogP contribution in [-0.4, -0.2) is 85.6 Å². The van der Waals surface area contributed by atoms with Gasteiger partial charge in [-0.15, -0.1) is 0 Å². The minimum Gasteiger partial charge on any atom is -0.379 e. The van der Waals surface area contributed by atoms with Crippen LogP contribution in [0.1, 0.15) is 18.5 Å². The zero-order chi connectivity index (χ0) is 17.0. The average Bonchev–Trinajstić information content (AvgIpc) is 2.91. The maximum Gasteiger partial charge on any atom is 0.105 e. The average molecular weight is 347 g/mol. The molecular formula is C19H29N3O3. The number of nitrogens with zero attached hydrogens (tertiary/aromatic N) is 3. The van der Waals surface area contributed by atoms with Crippen LogP contribution >= 0.6 is 0 Å². The van der Waals surface area contributed by atoms with Crippen molar-refractivity contribution in [3.05, 3.63) is 30.1 Å². The van der Waals surface area contributed by atoms with Gasteiger partial charge >= 0.3 is 0 Å². The first kappa shape index (κ1) is 17.4. The van der Waals surface area contributed by atoms with E-state index < -0.39 is 0 Å². The highest BCUT2D eigenvalue weighted by molar-refractivity contribution is 5.04. The Labute approximate surface area is 150 Å². The van der Waals surface area contributed by atoms with E-state index in [0.29, 0.717) is 12.7 Å². The summed E-state index contributed by atoms with van der Waals surface area (Å²) < 4.78 is 17.9. The molecular weight excluding hydrogens is 318 g/mol. The van der Waals surface area contributed by atoms with Crippen molar-refractivity contribution in [2.75, 3.05) is 59.2 Å². The number of ether oxygens (including phenoxy) is 3. The molecule has 1 aromatic heterocycles. The molecule has 6 heteroatoms. The molecule has 6 nitrogen and oxygen atoms in total. The molecule has 0 aromatic carbocycles. The molecule has 0 N–H and O–H groups in total. The van der Waals surface area contributed by atoms with Crippen molar-refractivity contribution in [3.8, 4) is 0 Å². The molecule has 2 atom stereocenters. The molecule has 0 unspecified atom stereocenters. The van der Waals surface area contributed by atoms with Crippen molar-refractivity contribution in [3.63, 3.8) is 0 Å². The van der Waals surface area contributed by atoms with E-state index in [2.05, 4.69) is 26.9 Å². The molecule has 0 amide bonds. The summed E-state index contributed by atoms with van der Waals surface area (Å²) in [6.45, 7) is 8.98. The van der Waals surface area contributed by atoms with E-state index in [1.54, 1.807) is 0 Å². The lowest BCUT2D eigenvalue weighted by Gasteiger charge is -2.33. The van der Waals surface area contributed by atoms with Crippen molar-refractivity contribution in [2.45, 2.75) is 31.1 Å². The maximum atomic E-state index is 6.57. The molecule has 0 radical (unpaired) electrons. The van der Waals surface area contributed by atoms with Gasteiger partial charge < -0.3 is 14.2 Å². The molecule has 1 aromatic rings. The Morgan fingerprint density at radius 3 is 2.76 bits per heavy atom. The van der Waals surface area contributed by atoms with E-state index in [4.69, 9.17) is 14.2 Å². The van der Waals surface area contributed by atoms with Crippen LogP contribution in [-0.2, 0) is 20.8 Å². The molecule has 4 heterocycles. The fourth-order valence-corrected chi connectivity index (χ4v) is 4.16. The second kappa shape index (κ2) is 8.10. The van der Waals surface area contributed by atoms with Gasteiger partial charge in [-0.1, -0.05) is 6.07 Å². The Kier molecular flexibility index (Phi) is 5.63. The number of hydrogen-bond donors (Lipinski definition) is 0. The van der Waals surface area contributed by atoms with Crippen molar-refractivity contribution in [2.24, 2.45) is 0 Å². The quantitative estimate of drug-likeness (QED) is 0.815. The molecule has 3 aliphatic heterocycles. The minimum atomic E-state index is -0.151. The first-order valence-electron chi connectivity index (χ1n) is 9.49. The van der Waals surface area contributed by atoms with Crippen molar-refractivity contribution in [1.82, 2.24) is 14.8 Å². The molecule has 3 saturated heterocycles. The van der Waals surface area contributed by atoms with Crippen LogP contribution in [0.2, 0.25) is 0 Å². The molecule has 4 rings (SSSR count). The number of pyridine rings is 1. The summed E-state index contributed by atoms with van der Waals surface area (Å²) >= 11 is 0. The summed E-state index contributed by atoms with van der Waals surface area (Å²) in [6, 6.07) is 6.11. The lowest BCUT2D eigenvalue weighted by atomic mass is 10.00. The fraction of sp³-hybridized carbons (Fsp3) is 0.737. The van der Waals surface area contributed by atoms with Gasteiger partial charge in [0.05, 0.1) is 38.2 Å². The Hall–Kier alpha value is -1.05. The number of aromatic nitrogens is 1. The van der Waals surface area contributed by atoms with Crippen LogP contribution in [0.15, 0.2) is 24.4 Å². The van der Waals surface area contributed by atoms with Crippen LogP contribution in [0.25, 0.3) is 0 Å². The summed E-state index contributed by atoms with van der Waals surface area (Å²) in [5.74, 6) is 0.